The fourth-order valence-corrected chi connectivity index (χ4v) is 6.30. The van der Waals surface area contributed by atoms with Gasteiger partial charge in [0.1, 0.15) is 11.3 Å². The van der Waals surface area contributed by atoms with Gasteiger partial charge in [-0.25, -0.2) is 0 Å². The van der Waals surface area contributed by atoms with Gasteiger partial charge in [-0.15, -0.1) is 0 Å². The van der Waals surface area contributed by atoms with Gasteiger partial charge < -0.3 is 10.2 Å². The molecule has 2 amide bonds. The van der Waals surface area contributed by atoms with Crippen LogP contribution in [0.3, 0.4) is 0 Å². The van der Waals surface area contributed by atoms with E-state index in [4.69, 9.17) is 11.6 Å². The second-order valence-electron chi connectivity index (χ2n) is 9.61. The molecule has 1 aliphatic carbocycles. The molecule has 5 rings (SSSR count). The molecule has 0 aromatic heterocycles. The van der Waals surface area contributed by atoms with E-state index < -0.39 is 35.3 Å². The molecule has 4 atom stereocenters. The second-order valence-corrected chi connectivity index (χ2v) is 10.0. The van der Waals surface area contributed by atoms with Crippen molar-refractivity contribution in [2.24, 2.45) is 11.8 Å². The molecular weight excluding hydrogens is 456 g/mol. The van der Waals surface area contributed by atoms with E-state index in [0.717, 1.165) is 37.7 Å². The smallest absolute Gasteiger partial charge is 0.325 e. The van der Waals surface area contributed by atoms with Crippen molar-refractivity contribution in [2.75, 3.05) is 0 Å². The molecule has 3 aliphatic rings. The largest absolute Gasteiger partial charge is 0.508 e. The zero-order valence-electron chi connectivity index (χ0n) is 18.6. The van der Waals surface area contributed by atoms with E-state index in [1.807, 2.05) is 30.3 Å². The summed E-state index contributed by atoms with van der Waals surface area (Å²) in [6, 6.07) is 12.5. The van der Waals surface area contributed by atoms with Crippen LogP contribution in [0.1, 0.15) is 49.3 Å². The van der Waals surface area contributed by atoms with E-state index in [9.17, 15) is 24.6 Å². The Balaban J connectivity index is 1.64. The number of nitrogens with zero attached hydrogens (tertiary/aromatic N) is 1. The molecule has 2 saturated heterocycles. The van der Waals surface area contributed by atoms with Crippen LogP contribution in [0.15, 0.2) is 48.5 Å². The summed E-state index contributed by atoms with van der Waals surface area (Å²) >= 11 is 6.20. The number of likely N-dealkylation sites (tertiary alicyclic amines) is 1. The predicted octanol–water partition coefficient (Wildman–Crippen LogP) is 3.69. The van der Waals surface area contributed by atoms with Crippen molar-refractivity contribution in [3.05, 3.63) is 64.7 Å². The van der Waals surface area contributed by atoms with Crippen molar-refractivity contribution in [2.45, 2.75) is 56.1 Å². The summed E-state index contributed by atoms with van der Waals surface area (Å²) < 4.78 is 0. The number of aliphatic carboxylic acids is 1. The molecule has 8 heteroatoms. The maximum absolute atomic E-state index is 13.8. The average molecular weight is 483 g/mol. The third-order valence-electron chi connectivity index (χ3n) is 7.66. The summed E-state index contributed by atoms with van der Waals surface area (Å²) in [4.78, 5) is 41.9. The summed E-state index contributed by atoms with van der Waals surface area (Å²) in [6.07, 6.45) is 4.42. The number of rotatable bonds is 5. The van der Waals surface area contributed by atoms with Crippen molar-refractivity contribution in [1.29, 1.82) is 0 Å². The summed E-state index contributed by atoms with van der Waals surface area (Å²) in [6.45, 7) is 0. The number of aromatic hydroxyl groups is 1. The lowest BCUT2D eigenvalue weighted by Gasteiger charge is -2.34. The molecule has 3 fully saturated rings. The van der Waals surface area contributed by atoms with Crippen molar-refractivity contribution in [3.8, 4) is 5.75 Å². The van der Waals surface area contributed by atoms with Gasteiger partial charge in [0.25, 0.3) is 0 Å². The van der Waals surface area contributed by atoms with Gasteiger partial charge in [-0.1, -0.05) is 61.2 Å². The number of halogens is 1. The number of phenols is 1. The maximum Gasteiger partial charge on any atom is 0.325 e. The summed E-state index contributed by atoms with van der Waals surface area (Å²) in [7, 11) is 0. The van der Waals surface area contributed by atoms with Gasteiger partial charge in [0.15, 0.2) is 0 Å². The van der Waals surface area contributed by atoms with Crippen molar-refractivity contribution in [3.63, 3.8) is 0 Å². The van der Waals surface area contributed by atoms with Crippen molar-refractivity contribution < 1.29 is 24.6 Å². The number of fused-ring (bicyclic) bond motifs is 1. The summed E-state index contributed by atoms with van der Waals surface area (Å²) in [5.41, 5.74) is -0.643. The lowest BCUT2D eigenvalue weighted by Crippen LogP contribution is -2.58. The quantitative estimate of drug-likeness (QED) is 0.561. The molecule has 0 radical (unpaired) electrons. The highest BCUT2D eigenvalue weighted by molar-refractivity contribution is 6.30. The Hall–Kier alpha value is -2.90. The van der Waals surface area contributed by atoms with Crippen LogP contribution in [0.5, 0.6) is 5.75 Å². The van der Waals surface area contributed by atoms with Crippen LogP contribution in [0.2, 0.25) is 5.02 Å². The standard InChI is InChI=1S/C26H27ClN2O5/c27-16-11-12-19(30)18(13-16)22-20-21(24(32)29(23(20)31)17-9-5-2-6-10-17)26(28-22,25(33)34)14-15-7-3-1-4-8-15/h1,3-4,7-8,11-13,17,20-22,28,30H,2,5-6,9-10,14H2,(H,33,34). The zero-order chi connectivity index (χ0) is 24.0. The number of amides is 2. The Morgan fingerprint density at radius 3 is 2.44 bits per heavy atom. The number of imide groups is 1. The third-order valence-corrected chi connectivity index (χ3v) is 7.90. The van der Waals surface area contributed by atoms with Crippen LogP contribution in [0, 0.1) is 11.8 Å². The molecule has 178 valence electrons. The molecule has 3 N–H and O–H groups in total. The molecule has 2 heterocycles. The van der Waals surface area contributed by atoms with Gasteiger partial charge >= 0.3 is 5.97 Å². The van der Waals surface area contributed by atoms with Crippen LogP contribution >= 0.6 is 11.6 Å². The monoisotopic (exact) mass is 482 g/mol. The number of carbonyl (C=O) groups excluding carboxylic acids is 2. The Bertz CT molecular complexity index is 1130. The summed E-state index contributed by atoms with van der Waals surface area (Å²) in [5.74, 6) is -4.13. The van der Waals surface area contributed by atoms with Gasteiger partial charge in [-0.3, -0.25) is 24.6 Å². The maximum atomic E-state index is 13.8. The topological polar surface area (TPSA) is 107 Å². The molecule has 2 aliphatic heterocycles. The molecule has 1 saturated carbocycles. The molecule has 34 heavy (non-hydrogen) atoms. The van der Waals surface area contributed by atoms with Gasteiger partial charge in [0.05, 0.1) is 11.8 Å². The number of carboxylic acid groups (broad SMARTS) is 1. The Morgan fingerprint density at radius 1 is 1.06 bits per heavy atom. The van der Waals surface area contributed by atoms with Crippen molar-refractivity contribution >= 4 is 29.4 Å². The van der Waals surface area contributed by atoms with Crippen molar-refractivity contribution in [1.82, 2.24) is 10.2 Å². The molecule has 0 spiro atoms. The Morgan fingerprint density at radius 2 is 1.76 bits per heavy atom. The van der Waals surface area contributed by atoms with Crippen LogP contribution in [0.4, 0.5) is 0 Å². The van der Waals surface area contributed by atoms with E-state index in [2.05, 4.69) is 5.32 Å². The first-order valence-electron chi connectivity index (χ1n) is 11.7. The first kappa shape index (κ1) is 22.9. The normalized spacial score (nSPS) is 29.4. The molecule has 7 nitrogen and oxygen atoms in total. The SMILES string of the molecule is O=C1C2C(c3cc(Cl)ccc3O)NC(Cc3ccccc3)(C(=O)O)C2C(=O)N1C1CCCCC1. The molecular formula is C26H27ClN2O5. The minimum absolute atomic E-state index is 0.0275. The number of hydrogen-bond acceptors (Lipinski definition) is 5. The van der Waals surface area contributed by atoms with E-state index in [0.29, 0.717) is 10.6 Å². The fraction of sp³-hybridized carbons (Fsp3) is 0.423. The number of carbonyl (C=O) groups is 3. The van der Waals surface area contributed by atoms with E-state index in [-0.39, 0.29) is 24.1 Å². The molecule has 0 bridgehead atoms. The summed E-state index contributed by atoms with van der Waals surface area (Å²) in [5, 5.41) is 24.6. The highest BCUT2D eigenvalue weighted by Gasteiger charge is 2.69. The van der Waals surface area contributed by atoms with Gasteiger partial charge in [-0.2, -0.15) is 0 Å². The first-order valence-corrected chi connectivity index (χ1v) is 12.1. The number of phenolic OH excluding ortho intramolecular Hbond substituents is 1. The van der Waals surface area contributed by atoms with Gasteiger partial charge in [0.2, 0.25) is 11.8 Å². The lowest BCUT2D eigenvalue weighted by molar-refractivity contribution is -0.152. The van der Waals surface area contributed by atoms with Gasteiger partial charge in [-0.05, 0) is 36.6 Å². The van der Waals surface area contributed by atoms with Gasteiger partial charge in [0, 0.05) is 29.1 Å². The van der Waals surface area contributed by atoms with E-state index in [1.165, 1.54) is 23.1 Å². The fourth-order valence-electron chi connectivity index (χ4n) is 6.12. The molecule has 2 aromatic carbocycles. The molecule has 2 aromatic rings. The number of hydrogen-bond donors (Lipinski definition) is 3. The second kappa shape index (κ2) is 8.71. The zero-order valence-corrected chi connectivity index (χ0v) is 19.4. The highest BCUT2D eigenvalue weighted by Crippen LogP contribution is 2.52. The molecule has 4 unspecified atom stereocenters. The van der Waals surface area contributed by atoms with Crippen LogP contribution in [-0.4, -0.2) is 44.5 Å². The number of carboxylic acids is 1. The number of nitrogens with one attached hydrogen (secondary N) is 1. The average Bonchev–Trinajstić information content (AvgIpc) is 3.31. The lowest BCUT2D eigenvalue weighted by atomic mass is 9.76. The Labute approximate surface area is 202 Å². The van der Waals surface area contributed by atoms with Crippen LogP contribution < -0.4 is 5.32 Å². The van der Waals surface area contributed by atoms with E-state index >= 15 is 0 Å². The minimum atomic E-state index is -1.71. The Kier molecular flexibility index (Phi) is 5.86. The predicted molar refractivity (Wildman–Crippen MR) is 125 cm³/mol. The first-order chi connectivity index (χ1) is 16.3. The minimum Gasteiger partial charge on any atom is -0.508 e. The van der Waals surface area contributed by atoms with E-state index in [1.54, 1.807) is 0 Å². The van der Waals surface area contributed by atoms with Crippen LogP contribution in [-0.2, 0) is 20.8 Å². The number of benzene rings is 2. The third kappa shape index (κ3) is 3.58. The van der Waals surface area contributed by atoms with Crippen LogP contribution in [0.25, 0.3) is 0 Å². The highest BCUT2D eigenvalue weighted by atomic mass is 35.5.